The molecule has 7 nitrogen and oxygen atoms in total. The highest BCUT2D eigenvalue weighted by molar-refractivity contribution is 5.74. The van der Waals surface area contributed by atoms with Crippen LogP contribution in [0.2, 0.25) is 0 Å². The Kier molecular flexibility index (Phi) is 4.85. The number of piperazine rings is 1. The fourth-order valence-corrected chi connectivity index (χ4v) is 2.81. The lowest BCUT2D eigenvalue weighted by atomic mass is 10.2. The Hall–Kier alpha value is -2.02. The SMILES string of the molecule is CC(C)NC(=O)N1CCN(c2ccc3c(n2)OCCNC3)CC1. The van der Waals surface area contributed by atoms with Gasteiger partial charge >= 0.3 is 6.03 Å². The standard InChI is InChI=1S/C16H25N5O2/c1-12(2)18-16(22)21-8-6-20(7-9-21)14-4-3-13-11-17-5-10-23-15(13)19-14/h3-4,12,17H,5-11H2,1-2H3,(H,18,22). The Bertz CT molecular complexity index is 555. The zero-order chi connectivity index (χ0) is 16.2. The summed E-state index contributed by atoms with van der Waals surface area (Å²) in [5, 5.41) is 6.25. The molecule has 0 aliphatic carbocycles. The number of nitrogens with zero attached hydrogens (tertiary/aromatic N) is 3. The lowest BCUT2D eigenvalue weighted by molar-refractivity contribution is 0.191. The van der Waals surface area contributed by atoms with Gasteiger partial charge < -0.3 is 25.2 Å². The molecule has 1 fully saturated rings. The number of aromatic nitrogens is 1. The van der Waals surface area contributed by atoms with Gasteiger partial charge in [-0.15, -0.1) is 0 Å². The maximum absolute atomic E-state index is 12.0. The Morgan fingerprint density at radius 2 is 2.09 bits per heavy atom. The quantitative estimate of drug-likeness (QED) is 0.844. The molecular weight excluding hydrogens is 294 g/mol. The van der Waals surface area contributed by atoms with Gasteiger partial charge in [-0.3, -0.25) is 0 Å². The number of ether oxygens (including phenoxy) is 1. The molecule has 23 heavy (non-hydrogen) atoms. The van der Waals surface area contributed by atoms with Gasteiger partial charge in [0.2, 0.25) is 5.88 Å². The molecule has 0 unspecified atom stereocenters. The average molecular weight is 319 g/mol. The summed E-state index contributed by atoms with van der Waals surface area (Å²) in [5.41, 5.74) is 1.10. The lowest BCUT2D eigenvalue weighted by Gasteiger charge is -2.35. The third-order valence-electron chi connectivity index (χ3n) is 4.06. The highest BCUT2D eigenvalue weighted by Gasteiger charge is 2.23. The highest BCUT2D eigenvalue weighted by Crippen LogP contribution is 2.23. The molecule has 2 aliphatic rings. The summed E-state index contributed by atoms with van der Waals surface area (Å²) in [6, 6.07) is 4.30. The normalized spacial score (nSPS) is 18.2. The van der Waals surface area contributed by atoms with E-state index in [4.69, 9.17) is 4.74 Å². The van der Waals surface area contributed by atoms with Gasteiger partial charge in [0.15, 0.2) is 0 Å². The van der Waals surface area contributed by atoms with Crippen molar-refractivity contribution in [2.24, 2.45) is 0 Å². The second-order valence-electron chi connectivity index (χ2n) is 6.24. The van der Waals surface area contributed by atoms with Crippen LogP contribution in [0, 0.1) is 0 Å². The van der Waals surface area contributed by atoms with E-state index in [-0.39, 0.29) is 12.1 Å². The van der Waals surface area contributed by atoms with Gasteiger partial charge in [0.05, 0.1) is 0 Å². The fourth-order valence-electron chi connectivity index (χ4n) is 2.81. The number of hydrogen-bond donors (Lipinski definition) is 2. The summed E-state index contributed by atoms with van der Waals surface area (Å²) in [4.78, 5) is 20.8. The molecule has 1 saturated heterocycles. The lowest BCUT2D eigenvalue weighted by Crippen LogP contribution is -2.53. The zero-order valence-corrected chi connectivity index (χ0v) is 13.8. The molecule has 0 aromatic carbocycles. The molecule has 0 radical (unpaired) electrons. The van der Waals surface area contributed by atoms with Crippen molar-refractivity contribution < 1.29 is 9.53 Å². The van der Waals surface area contributed by atoms with Crippen molar-refractivity contribution in [1.29, 1.82) is 0 Å². The third kappa shape index (κ3) is 3.85. The summed E-state index contributed by atoms with van der Waals surface area (Å²) in [6.07, 6.45) is 0. The van der Waals surface area contributed by atoms with Crippen LogP contribution in [0.25, 0.3) is 0 Å². The van der Waals surface area contributed by atoms with Crippen molar-refractivity contribution >= 4 is 11.8 Å². The van der Waals surface area contributed by atoms with Gasteiger partial charge in [0, 0.05) is 50.9 Å². The first kappa shape index (κ1) is 15.9. The van der Waals surface area contributed by atoms with Crippen LogP contribution in [0.15, 0.2) is 12.1 Å². The second-order valence-corrected chi connectivity index (χ2v) is 6.24. The molecule has 2 N–H and O–H groups in total. The van der Waals surface area contributed by atoms with E-state index in [0.717, 1.165) is 43.4 Å². The van der Waals surface area contributed by atoms with Gasteiger partial charge in [-0.2, -0.15) is 4.98 Å². The van der Waals surface area contributed by atoms with Crippen LogP contribution in [0.5, 0.6) is 5.88 Å². The van der Waals surface area contributed by atoms with Gasteiger partial charge in [-0.05, 0) is 26.0 Å². The number of fused-ring (bicyclic) bond motifs is 1. The van der Waals surface area contributed by atoms with Crippen molar-refractivity contribution in [3.8, 4) is 5.88 Å². The Morgan fingerprint density at radius 3 is 2.83 bits per heavy atom. The van der Waals surface area contributed by atoms with Gasteiger partial charge in [-0.1, -0.05) is 0 Å². The first-order valence-corrected chi connectivity index (χ1v) is 8.27. The van der Waals surface area contributed by atoms with Crippen molar-refractivity contribution in [2.45, 2.75) is 26.4 Å². The van der Waals surface area contributed by atoms with Crippen LogP contribution in [0.1, 0.15) is 19.4 Å². The van der Waals surface area contributed by atoms with Crippen LogP contribution >= 0.6 is 0 Å². The fraction of sp³-hybridized carbons (Fsp3) is 0.625. The van der Waals surface area contributed by atoms with Gasteiger partial charge in [-0.25, -0.2) is 4.79 Å². The molecule has 7 heteroatoms. The monoisotopic (exact) mass is 319 g/mol. The van der Waals surface area contributed by atoms with E-state index in [1.807, 2.05) is 24.8 Å². The molecule has 126 valence electrons. The van der Waals surface area contributed by atoms with Crippen LogP contribution in [0.3, 0.4) is 0 Å². The summed E-state index contributed by atoms with van der Waals surface area (Å²) < 4.78 is 5.71. The molecule has 2 aliphatic heterocycles. The van der Waals surface area contributed by atoms with Crippen molar-refractivity contribution in [2.75, 3.05) is 44.2 Å². The number of anilines is 1. The molecule has 1 aromatic heterocycles. The molecular formula is C16H25N5O2. The van der Waals surface area contributed by atoms with Crippen LogP contribution in [-0.2, 0) is 6.54 Å². The Morgan fingerprint density at radius 1 is 1.30 bits per heavy atom. The molecule has 1 aromatic rings. The molecule has 0 bridgehead atoms. The number of nitrogens with one attached hydrogen (secondary N) is 2. The van der Waals surface area contributed by atoms with Crippen LogP contribution in [-0.4, -0.2) is 61.3 Å². The number of hydrogen-bond acceptors (Lipinski definition) is 5. The van der Waals surface area contributed by atoms with E-state index in [2.05, 4.69) is 26.6 Å². The maximum atomic E-state index is 12.0. The maximum Gasteiger partial charge on any atom is 0.317 e. The predicted molar refractivity (Wildman–Crippen MR) is 88.9 cm³/mol. The topological polar surface area (TPSA) is 69.7 Å². The van der Waals surface area contributed by atoms with Crippen molar-refractivity contribution in [1.82, 2.24) is 20.5 Å². The second kappa shape index (κ2) is 7.04. The van der Waals surface area contributed by atoms with Gasteiger partial charge in [0.1, 0.15) is 12.4 Å². The largest absolute Gasteiger partial charge is 0.476 e. The number of carbonyl (C=O) groups excluding carboxylic acids is 1. The number of carbonyl (C=O) groups is 1. The molecule has 2 amide bonds. The van der Waals surface area contributed by atoms with Gasteiger partial charge in [0.25, 0.3) is 0 Å². The number of rotatable bonds is 2. The van der Waals surface area contributed by atoms with E-state index in [1.165, 1.54) is 0 Å². The number of urea groups is 1. The minimum absolute atomic E-state index is 0.0175. The van der Waals surface area contributed by atoms with Crippen molar-refractivity contribution in [3.63, 3.8) is 0 Å². The number of amides is 2. The molecule has 3 rings (SSSR count). The first-order valence-electron chi connectivity index (χ1n) is 8.27. The van der Waals surface area contributed by atoms with Crippen LogP contribution in [0.4, 0.5) is 10.6 Å². The minimum Gasteiger partial charge on any atom is -0.476 e. The van der Waals surface area contributed by atoms with Crippen molar-refractivity contribution in [3.05, 3.63) is 17.7 Å². The minimum atomic E-state index is 0.0175. The Labute approximate surface area is 137 Å². The molecule has 0 atom stereocenters. The first-order chi connectivity index (χ1) is 11.1. The van der Waals surface area contributed by atoms with E-state index >= 15 is 0 Å². The summed E-state index contributed by atoms with van der Waals surface area (Å²) in [7, 11) is 0. The summed E-state index contributed by atoms with van der Waals surface area (Å²) >= 11 is 0. The highest BCUT2D eigenvalue weighted by atomic mass is 16.5. The smallest absolute Gasteiger partial charge is 0.317 e. The van der Waals surface area contributed by atoms with E-state index in [9.17, 15) is 4.79 Å². The molecule has 0 saturated carbocycles. The predicted octanol–water partition coefficient (Wildman–Crippen LogP) is 0.804. The van der Waals surface area contributed by atoms with Crippen LogP contribution < -0.4 is 20.3 Å². The van der Waals surface area contributed by atoms with E-state index in [1.54, 1.807) is 0 Å². The Balaban J connectivity index is 1.61. The van der Waals surface area contributed by atoms with E-state index in [0.29, 0.717) is 19.7 Å². The molecule has 0 spiro atoms. The average Bonchev–Trinajstić information content (AvgIpc) is 2.79. The summed E-state index contributed by atoms with van der Waals surface area (Å²) in [6.45, 7) is 9.23. The molecule has 3 heterocycles. The zero-order valence-electron chi connectivity index (χ0n) is 13.8. The number of pyridine rings is 1. The van der Waals surface area contributed by atoms with E-state index < -0.39 is 0 Å². The third-order valence-corrected chi connectivity index (χ3v) is 4.06. The summed E-state index contributed by atoms with van der Waals surface area (Å²) in [5.74, 6) is 1.65.